The lowest BCUT2D eigenvalue weighted by atomic mass is 10.0. The number of halogens is 1. The smallest absolute Gasteiger partial charge is 0.146 e. The minimum Gasteiger partial charge on any atom is -0.389 e. The van der Waals surface area contributed by atoms with Gasteiger partial charge in [0.1, 0.15) is 5.82 Å². The zero-order chi connectivity index (χ0) is 14.0. The van der Waals surface area contributed by atoms with Gasteiger partial charge in [-0.05, 0) is 39.4 Å². The second kappa shape index (κ2) is 5.88. The normalized spacial score (nSPS) is 22.3. The van der Waals surface area contributed by atoms with Crippen LogP contribution in [0.3, 0.4) is 0 Å². The van der Waals surface area contributed by atoms with Crippen molar-refractivity contribution in [1.29, 1.82) is 0 Å². The summed E-state index contributed by atoms with van der Waals surface area (Å²) < 4.78 is 14.1. The third kappa shape index (κ3) is 3.07. The molecule has 1 N–H and O–H groups in total. The number of hydrogen-bond acceptors (Lipinski definition) is 3. The van der Waals surface area contributed by atoms with E-state index in [0.29, 0.717) is 17.3 Å². The summed E-state index contributed by atoms with van der Waals surface area (Å²) in [7, 11) is 4.02. The zero-order valence-electron chi connectivity index (χ0n) is 11.9. The van der Waals surface area contributed by atoms with Crippen LogP contribution in [0, 0.1) is 5.82 Å². The zero-order valence-corrected chi connectivity index (χ0v) is 11.9. The fraction of sp³-hybridized carbons (Fsp3) is 0.600. The van der Waals surface area contributed by atoms with Gasteiger partial charge in [-0.3, -0.25) is 0 Å². The first-order valence-electron chi connectivity index (χ1n) is 6.88. The molecule has 19 heavy (non-hydrogen) atoms. The molecule has 2 unspecified atom stereocenters. The lowest BCUT2D eigenvalue weighted by Crippen LogP contribution is -2.45. The van der Waals surface area contributed by atoms with E-state index in [-0.39, 0.29) is 5.82 Å². The summed E-state index contributed by atoms with van der Waals surface area (Å²) >= 11 is 0. The molecule has 0 aromatic heterocycles. The number of benzene rings is 1. The van der Waals surface area contributed by atoms with E-state index >= 15 is 0 Å². The maximum absolute atomic E-state index is 14.1. The minimum absolute atomic E-state index is 0.255. The van der Waals surface area contributed by atoms with Crippen LogP contribution in [-0.4, -0.2) is 43.2 Å². The Morgan fingerprint density at radius 3 is 2.84 bits per heavy atom. The number of hydrogen-bond donors (Lipinski definition) is 1. The van der Waals surface area contributed by atoms with Gasteiger partial charge in [-0.2, -0.15) is 0 Å². The maximum atomic E-state index is 14.1. The molecule has 1 fully saturated rings. The summed E-state index contributed by atoms with van der Waals surface area (Å²) in [5.74, 6) is -0.255. The number of para-hydroxylation sites is 1. The summed E-state index contributed by atoms with van der Waals surface area (Å²) in [6.07, 6.45) is 1.53. The number of piperidine rings is 1. The van der Waals surface area contributed by atoms with Crippen molar-refractivity contribution in [2.45, 2.75) is 31.9 Å². The Morgan fingerprint density at radius 2 is 2.21 bits per heavy atom. The van der Waals surface area contributed by atoms with Crippen molar-refractivity contribution in [3.8, 4) is 0 Å². The van der Waals surface area contributed by atoms with Crippen LogP contribution in [0.2, 0.25) is 0 Å². The number of anilines is 1. The average Bonchev–Trinajstić information content (AvgIpc) is 2.37. The molecular weight excluding hydrogens is 243 g/mol. The van der Waals surface area contributed by atoms with Crippen molar-refractivity contribution in [3.05, 3.63) is 29.6 Å². The molecule has 1 saturated heterocycles. The Kier molecular flexibility index (Phi) is 4.42. The monoisotopic (exact) mass is 266 g/mol. The third-order valence-corrected chi connectivity index (χ3v) is 3.97. The van der Waals surface area contributed by atoms with Gasteiger partial charge in [-0.25, -0.2) is 4.39 Å². The summed E-state index contributed by atoms with van der Waals surface area (Å²) in [6, 6.07) is 5.21. The highest BCUT2D eigenvalue weighted by atomic mass is 19.1. The SMILES string of the molecule is CC(O)c1cccc(F)c1N(C)C1CCCN(C)C1. The van der Waals surface area contributed by atoms with Crippen LogP contribution in [-0.2, 0) is 0 Å². The van der Waals surface area contributed by atoms with Crippen molar-refractivity contribution in [3.63, 3.8) is 0 Å². The first-order chi connectivity index (χ1) is 9.00. The Bertz CT molecular complexity index is 436. The Morgan fingerprint density at radius 1 is 1.47 bits per heavy atom. The highest BCUT2D eigenvalue weighted by Crippen LogP contribution is 2.31. The molecule has 1 aromatic rings. The van der Waals surface area contributed by atoms with E-state index in [1.54, 1.807) is 19.1 Å². The highest BCUT2D eigenvalue weighted by Gasteiger charge is 2.25. The molecule has 0 spiro atoms. The van der Waals surface area contributed by atoms with E-state index in [1.807, 2.05) is 11.9 Å². The van der Waals surface area contributed by atoms with Crippen LogP contribution >= 0.6 is 0 Å². The summed E-state index contributed by atoms with van der Waals surface area (Å²) in [5.41, 5.74) is 1.20. The van der Waals surface area contributed by atoms with Crippen molar-refractivity contribution >= 4 is 5.69 Å². The Hall–Kier alpha value is -1.13. The quantitative estimate of drug-likeness (QED) is 0.910. The summed E-state index contributed by atoms with van der Waals surface area (Å²) in [5, 5.41) is 9.82. The molecule has 1 heterocycles. The molecule has 2 atom stereocenters. The standard InChI is InChI=1S/C15H23FN2O/c1-11(19)13-7-4-8-14(16)15(13)18(3)12-6-5-9-17(2)10-12/h4,7-8,11-12,19H,5-6,9-10H2,1-3H3. The van der Waals surface area contributed by atoms with Gasteiger partial charge >= 0.3 is 0 Å². The lowest BCUT2D eigenvalue weighted by Gasteiger charge is -2.38. The van der Waals surface area contributed by atoms with E-state index in [4.69, 9.17) is 0 Å². The first-order valence-corrected chi connectivity index (χ1v) is 6.88. The largest absolute Gasteiger partial charge is 0.389 e. The van der Waals surface area contributed by atoms with Crippen LogP contribution in [0.5, 0.6) is 0 Å². The number of aliphatic hydroxyl groups excluding tert-OH is 1. The molecule has 0 amide bonds. The average molecular weight is 266 g/mol. The van der Waals surface area contributed by atoms with Gasteiger partial charge in [0.2, 0.25) is 0 Å². The van der Waals surface area contributed by atoms with Crippen molar-refractivity contribution < 1.29 is 9.50 Å². The van der Waals surface area contributed by atoms with Crippen LogP contribution in [0.4, 0.5) is 10.1 Å². The molecule has 2 rings (SSSR count). The Labute approximate surface area is 114 Å². The summed E-state index contributed by atoms with van der Waals surface area (Å²) in [4.78, 5) is 4.26. The van der Waals surface area contributed by atoms with Crippen LogP contribution in [0.25, 0.3) is 0 Å². The molecule has 3 nitrogen and oxygen atoms in total. The van der Waals surface area contributed by atoms with Gasteiger partial charge in [0.05, 0.1) is 11.8 Å². The summed E-state index contributed by atoms with van der Waals surface area (Å²) in [6.45, 7) is 3.72. The number of rotatable bonds is 3. The van der Waals surface area contributed by atoms with Gasteiger partial charge in [0.15, 0.2) is 0 Å². The second-order valence-corrected chi connectivity index (χ2v) is 5.52. The molecule has 0 radical (unpaired) electrons. The van der Waals surface area contributed by atoms with E-state index in [1.165, 1.54) is 6.07 Å². The van der Waals surface area contributed by atoms with Crippen molar-refractivity contribution in [2.24, 2.45) is 0 Å². The van der Waals surface area contributed by atoms with Gasteiger partial charge in [0, 0.05) is 25.2 Å². The number of nitrogens with zero attached hydrogens (tertiary/aromatic N) is 2. The minimum atomic E-state index is -0.658. The predicted molar refractivity (Wildman–Crippen MR) is 76.0 cm³/mol. The lowest BCUT2D eigenvalue weighted by molar-refractivity contribution is 0.198. The molecule has 1 aliphatic heterocycles. The highest BCUT2D eigenvalue weighted by molar-refractivity contribution is 5.56. The van der Waals surface area contributed by atoms with E-state index in [2.05, 4.69) is 11.9 Å². The molecule has 0 saturated carbocycles. The van der Waals surface area contributed by atoms with Gasteiger partial charge in [0.25, 0.3) is 0 Å². The van der Waals surface area contributed by atoms with E-state index in [0.717, 1.165) is 25.9 Å². The Balaban J connectivity index is 2.29. The van der Waals surface area contributed by atoms with Crippen LogP contribution in [0.1, 0.15) is 31.4 Å². The molecule has 4 heteroatoms. The number of aliphatic hydroxyl groups is 1. The van der Waals surface area contributed by atoms with Gasteiger partial charge < -0.3 is 14.9 Å². The van der Waals surface area contributed by atoms with E-state index < -0.39 is 6.10 Å². The van der Waals surface area contributed by atoms with Crippen molar-refractivity contribution in [1.82, 2.24) is 4.90 Å². The van der Waals surface area contributed by atoms with Crippen molar-refractivity contribution in [2.75, 3.05) is 32.1 Å². The molecular formula is C15H23FN2O. The molecule has 0 aliphatic carbocycles. The molecule has 1 aliphatic rings. The van der Waals surface area contributed by atoms with Gasteiger partial charge in [-0.1, -0.05) is 12.1 Å². The van der Waals surface area contributed by atoms with Crippen LogP contribution < -0.4 is 4.90 Å². The fourth-order valence-electron chi connectivity index (χ4n) is 2.88. The topological polar surface area (TPSA) is 26.7 Å². The fourth-order valence-corrected chi connectivity index (χ4v) is 2.88. The maximum Gasteiger partial charge on any atom is 0.146 e. The third-order valence-electron chi connectivity index (χ3n) is 3.97. The van der Waals surface area contributed by atoms with Crippen LogP contribution in [0.15, 0.2) is 18.2 Å². The number of likely N-dealkylation sites (N-methyl/N-ethyl adjacent to an activating group) is 2. The van der Waals surface area contributed by atoms with E-state index in [9.17, 15) is 9.50 Å². The number of likely N-dealkylation sites (tertiary alicyclic amines) is 1. The molecule has 0 bridgehead atoms. The predicted octanol–water partition coefficient (Wildman–Crippen LogP) is 2.41. The first kappa shape index (κ1) is 14.3. The molecule has 106 valence electrons. The molecule has 1 aromatic carbocycles. The van der Waals surface area contributed by atoms with Gasteiger partial charge in [-0.15, -0.1) is 0 Å². The second-order valence-electron chi connectivity index (χ2n) is 5.52.